The lowest BCUT2D eigenvalue weighted by atomic mass is 9.88. The summed E-state index contributed by atoms with van der Waals surface area (Å²) in [6.07, 6.45) is -5.61. The maximum atomic E-state index is 12.6. The number of Topliss-reactive ketones (excluding diaryl/α,β-unsaturated/α-hetero) is 1. The predicted molar refractivity (Wildman–Crippen MR) is 84.4 cm³/mol. The molecular weight excluding hydrogens is 337 g/mol. The van der Waals surface area contributed by atoms with Crippen molar-refractivity contribution in [3.8, 4) is 0 Å². The van der Waals surface area contributed by atoms with E-state index in [1.54, 1.807) is 0 Å². The number of aromatic nitrogens is 2. The molecule has 0 aliphatic heterocycles. The molecule has 134 valence electrons. The molecule has 2 rings (SSSR count). The Balaban J connectivity index is 2.26. The van der Waals surface area contributed by atoms with E-state index in [2.05, 4.69) is 9.97 Å². The number of nitrogens with zero attached hydrogens (tertiary/aromatic N) is 1. The summed E-state index contributed by atoms with van der Waals surface area (Å²) in [4.78, 5) is 30.2. The summed E-state index contributed by atoms with van der Waals surface area (Å²) in [5.74, 6) is -0.907. The van der Waals surface area contributed by atoms with Crippen LogP contribution in [0.25, 0.3) is 0 Å². The van der Waals surface area contributed by atoms with Gasteiger partial charge in [-0.3, -0.25) is 9.59 Å². The molecule has 0 spiro atoms. The lowest BCUT2D eigenvalue weighted by molar-refractivity contribution is -0.137. The number of hydrogen-bond donors (Lipinski definition) is 2. The molecule has 1 aromatic carbocycles. The summed E-state index contributed by atoms with van der Waals surface area (Å²) in [5.41, 5.74) is -0.922. The van der Waals surface area contributed by atoms with Crippen LogP contribution in [-0.2, 0) is 6.18 Å². The van der Waals surface area contributed by atoms with E-state index in [9.17, 15) is 27.9 Å². The molecule has 0 saturated heterocycles. The number of aromatic amines is 1. The van der Waals surface area contributed by atoms with E-state index in [4.69, 9.17) is 0 Å². The normalized spacial score (nSPS) is 14.2. The van der Waals surface area contributed by atoms with Crippen LogP contribution in [0.3, 0.4) is 0 Å². The van der Waals surface area contributed by atoms with E-state index in [0.29, 0.717) is 5.56 Å². The fourth-order valence-corrected chi connectivity index (χ4v) is 2.51. The summed E-state index contributed by atoms with van der Waals surface area (Å²) in [7, 11) is 0. The Kier molecular flexibility index (Phi) is 5.42. The van der Waals surface area contributed by atoms with Crippen molar-refractivity contribution in [1.29, 1.82) is 0 Å². The molecule has 2 aromatic rings. The van der Waals surface area contributed by atoms with Gasteiger partial charge in [0, 0.05) is 18.4 Å². The first-order valence-electron chi connectivity index (χ1n) is 7.54. The number of carbonyl (C=O) groups is 1. The van der Waals surface area contributed by atoms with Crippen molar-refractivity contribution in [3.63, 3.8) is 0 Å². The van der Waals surface area contributed by atoms with Gasteiger partial charge in [0.15, 0.2) is 5.78 Å². The second-order valence-corrected chi connectivity index (χ2v) is 5.81. The van der Waals surface area contributed by atoms with Crippen LogP contribution < -0.4 is 5.56 Å². The Bertz CT molecular complexity index is 811. The van der Waals surface area contributed by atoms with Gasteiger partial charge in [-0.05, 0) is 31.5 Å². The smallest absolute Gasteiger partial charge is 0.393 e. The van der Waals surface area contributed by atoms with Gasteiger partial charge in [0.25, 0.3) is 5.56 Å². The number of aliphatic hydroxyl groups excluding tert-OH is 1. The molecule has 0 radical (unpaired) electrons. The number of rotatable bonds is 5. The van der Waals surface area contributed by atoms with Crippen LogP contribution in [0.5, 0.6) is 0 Å². The van der Waals surface area contributed by atoms with E-state index in [1.165, 1.54) is 26.0 Å². The Hall–Kier alpha value is -2.48. The van der Waals surface area contributed by atoms with Crippen molar-refractivity contribution >= 4 is 5.78 Å². The zero-order chi connectivity index (χ0) is 18.8. The second-order valence-electron chi connectivity index (χ2n) is 5.81. The molecule has 0 unspecified atom stereocenters. The summed E-state index contributed by atoms with van der Waals surface area (Å²) >= 11 is 0. The van der Waals surface area contributed by atoms with E-state index in [1.807, 2.05) is 0 Å². The number of nitrogens with one attached hydrogen (secondary N) is 1. The maximum Gasteiger partial charge on any atom is 0.416 e. The van der Waals surface area contributed by atoms with Crippen molar-refractivity contribution < 1.29 is 23.1 Å². The van der Waals surface area contributed by atoms with Crippen LogP contribution in [0.4, 0.5) is 13.2 Å². The number of carbonyl (C=O) groups excluding carboxylic acids is 1. The zero-order valence-electron chi connectivity index (χ0n) is 13.6. The number of alkyl halides is 3. The lowest BCUT2D eigenvalue weighted by Crippen LogP contribution is -2.21. The van der Waals surface area contributed by atoms with E-state index < -0.39 is 35.1 Å². The fraction of sp³-hybridized carbons (Fsp3) is 0.353. The molecule has 2 atom stereocenters. The summed E-state index contributed by atoms with van der Waals surface area (Å²) < 4.78 is 37.9. The molecule has 0 amide bonds. The van der Waals surface area contributed by atoms with Crippen LogP contribution in [0.15, 0.2) is 35.1 Å². The van der Waals surface area contributed by atoms with Gasteiger partial charge >= 0.3 is 6.18 Å². The molecule has 25 heavy (non-hydrogen) atoms. The van der Waals surface area contributed by atoms with Gasteiger partial charge in [-0.15, -0.1) is 0 Å². The number of ketones is 1. The maximum absolute atomic E-state index is 12.6. The third-order valence-electron chi connectivity index (χ3n) is 3.80. The van der Waals surface area contributed by atoms with Gasteiger partial charge in [0.05, 0.1) is 11.7 Å². The Labute approximate surface area is 141 Å². The first kappa shape index (κ1) is 18.9. The van der Waals surface area contributed by atoms with E-state index >= 15 is 0 Å². The van der Waals surface area contributed by atoms with Gasteiger partial charge in [0.2, 0.25) is 0 Å². The minimum atomic E-state index is -4.46. The average molecular weight is 354 g/mol. The van der Waals surface area contributed by atoms with Crippen LogP contribution in [0, 0.1) is 6.92 Å². The SMILES string of the molecule is Cc1nc(C(=O)C[C@@H](c2ccc(C(F)(F)F)cc2)[C@H](C)O)cc(=O)[nH]1. The summed E-state index contributed by atoms with van der Waals surface area (Å²) in [5, 5.41) is 9.94. The number of aliphatic hydroxyl groups is 1. The number of halogens is 3. The fourth-order valence-electron chi connectivity index (χ4n) is 2.51. The lowest BCUT2D eigenvalue weighted by Gasteiger charge is -2.20. The molecule has 0 saturated carbocycles. The zero-order valence-corrected chi connectivity index (χ0v) is 13.6. The van der Waals surface area contributed by atoms with Gasteiger partial charge in [-0.1, -0.05) is 12.1 Å². The highest BCUT2D eigenvalue weighted by Gasteiger charge is 2.31. The number of benzene rings is 1. The molecule has 0 aliphatic rings. The molecule has 5 nitrogen and oxygen atoms in total. The number of H-pyrrole nitrogens is 1. The second kappa shape index (κ2) is 7.18. The Morgan fingerprint density at radius 2 is 1.88 bits per heavy atom. The number of aryl methyl sites for hydroxylation is 1. The standard InChI is InChI=1S/C17H17F3N2O3/c1-9(23)13(11-3-5-12(6-4-11)17(18,19)20)7-15(24)14-8-16(25)22-10(2)21-14/h3-6,8-9,13,23H,7H2,1-2H3,(H,21,22,25)/t9-,13+/m0/s1. The third kappa shape index (κ3) is 4.76. The molecule has 1 heterocycles. The molecule has 0 fully saturated rings. The van der Waals surface area contributed by atoms with Crippen LogP contribution >= 0.6 is 0 Å². The molecule has 0 bridgehead atoms. The van der Waals surface area contributed by atoms with Crippen LogP contribution in [0.2, 0.25) is 0 Å². The molecule has 0 aliphatic carbocycles. The van der Waals surface area contributed by atoms with E-state index in [-0.39, 0.29) is 17.9 Å². The van der Waals surface area contributed by atoms with Gasteiger partial charge in [0.1, 0.15) is 11.5 Å². The van der Waals surface area contributed by atoms with Crippen molar-refractivity contribution in [2.45, 2.75) is 38.5 Å². The topological polar surface area (TPSA) is 83.0 Å². The van der Waals surface area contributed by atoms with E-state index in [0.717, 1.165) is 18.2 Å². The first-order chi connectivity index (χ1) is 11.6. The molecular formula is C17H17F3N2O3. The third-order valence-corrected chi connectivity index (χ3v) is 3.80. The Morgan fingerprint density at radius 3 is 2.36 bits per heavy atom. The van der Waals surface area contributed by atoms with Gasteiger partial charge in [-0.25, -0.2) is 4.98 Å². The predicted octanol–water partition coefficient (Wildman–Crippen LogP) is 2.83. The van der Waals surface area contributed by atoms with Crippen LogP contribution in [0.1, 0.15) is 46.7 Å². The highest BCUT2D eigenvalue weighted by atomic mass is 19.4. The largest absolute Gasteiger partial charge is 0.416 e. The minimum absolute atomic E-state index is 0.0428. The van der Waals surface area contributed by atoms with Gasteiger partial charge in [-0.2, -0.15) is 13.2 Å². The molecule has 1 aromatic heterocycles. The number of hydrogen-bond acceptors (Lipinski definition) is 4. The quantitative estimate of drug-likeness (QED) is 0.809. The van der Waals surface area contributed by atoms with Crippen LogP contribution in [-0.4, -0.2) is 27.0 Å². The molecule has 2 N–H and O–H groups in total. The van der Waals surface area contributed by atoms with Crippen molar-refractivity contribution in [2.24, 2.45) is 0 Å². The molecule has 8 heteroatoms. The highest BCUT2D eigenvalue weighted by molar-refractivity contribution is 5.94. The van der Waals surface area contributed by atoms with Crippen molar-refractivity contribution in [1.82, 2.24) is 9.97 Å². The first-order valence-corrected chi connectivity index (χ1v) is 7.54. The Morgan fingerprint density at radius 1 is 1.28 bits per heavy atom. The van der Waals surface area contributed by atoms with Crippen molar-refractivity contribution in [2.75, 3.05) is 0 Å². The monoisotopic (exact) mass is 354 g/mol. The van der Waals surface area contributed by atoms with Crippen molar-refractivity contribution in [3.05, 3.63) is 63.3 Å². The average Bonchev–Trinajstić information content (AvgIpc) is 2.50. The highest BCUT2D eigenvalue weighted by Crippen LogP contribution is 2.32. The van der Waals surface area contributed by atoms with Gasteiger partial charge < -0.3 is 10.1 Å². The summed E-state index contributed by atoms with van der Waals surface area (Å²) in [6.45, 7) is 2.98. The summed E-state index contributed by atoms with van der Waals surface area (Å²) in [6, 6.07) is 5.35. The minimum Gasteiger partial charge on any atom is -0.393 e.